The highest BCUT2D eigenvalue weighted by Crippen LogP contribution is 2.09. The Labute approximate surface area is 103 Å². The molecule has 0 atom stereocenters. The van der Waals surface area contributed by atoms with Crippen LogP contribution in [0.25, 0.3) is 10.8 Å². The Bertz CT molecular complexity index is 467. The van der Waals surface area contributed by atoms with Gasteiger partial charge in [0.2, 0.25) is 12.4 Å². The summed E-state index contributed by atoms with van der Waals surface area (Å²) in [5.74, 6) is 0. The van der Waals surface area contributed by atoms with E-state index in [1.165, 1.54) is 30.0 Å². The second-order valence-electron chi connectivity index (χ2n) is 4.33. The summed E-state index contributed by atoms with van der Waals surface area (Å²) in [4.78, 5) is 5.68. The van der Waals surface area contributed by atoms with E-state index >= 15 is 0 Å². The molecule has 0 bridgehead atoms. The summed E-state index contributed by atoms with van der Waals surface area (Å²) < 4.78 is 1.81. The molecule has 90 valence electrons. The first-order valence-corrected chi connectivity index (χ1v) is 6.43. The number of hydrogen-bond donors (Lipinski definition) is 0. The molecule has 2 nitrogen and oxygen atoms in total. The fraction of sp³-hybridized carbons (Fsp3) is 0.400. The van der Waals surface area contributed by atoms with Gasteiger partial charge < -0.3 is 0 Å². The van der Waals surface area contributed by atoms with Gasteiger partial charge in [-0.1, -0.05) is 38.0 Å². The van der Waals surface area contributed by atoms with E-state index in [0.717, 1.165) is 13.0 Å². The van der Waals surface area contributed by atoms with Gasteiger partial charge in [0.15, 0.2) is 6.61 Å². The van der Waals surface area contributed by atoms with Crippen LogP contribution in [-0.2, 0) is 0 Å². The number of aromatic nitrogens is 1. The lowest BCUT2D eigenvalue weighted by atomic mass is 10.2. The maximum Gasteiger partial charge on any atom is 0.230 e. The predicted octanol–water partition coefficient (Wildman–Crippen LogP) is 3.14. The number of hydrogen-bond acceptors (Lipinski definition) is 1. The zero-order valence-corrected chi connectivity index (χ0v) is 10.4. The minimum Gasteiger partial charge on any atom is -0.271 e. The third-order valence-corrected chi connectivity index (χ3v) is 2.90. The van der Waals surface area contributed by atoms with Gasteiger partial charge in [-0.25, -0.2) is 0 Å². The average molecular weight is 230 g/mol. The van der Waals surface area contributed by atoms with E-state index < -0.39 is 0 Å². The summed E-state index contributed by atoms with van der Waals surface area (Å²) in [6, 6.07) is 10.4. The molecule has 1 aromatic carbocycles. The topological polar surface area (TPSA) is 13.1 Å². The van der Waals surface area contributed by atoms with Gasteiger partial charge in [0.25, 0.3) is 0 Å². The molecule has 0 saturated heterocycles. The van der Waals surface area contributed by atoms with Crippen molar-refractivity contribution in [1.82, 2.24) is 0 Å². The van der Waals surface area contributed by atoms with Crippen LogP contribution in [0.5, 0.6) is 0 Å². The molecule has 2 aromatic rings. The average Bonchev–Trinajstić information content (AvgIpc) is 2.38. The number of unbranched alkanes of at least 4 members (excludes halogenated alkanes) is 3. The second-order valence-corrected chi connectivity index (χ2v) is 4.33. The highest BCUT2D eigenvalue weighted by atomic mass is 16.7. The quantitative estimate of drug-likeness (QED) is 0.549. The lowest BCUT2D eigenvalue weighted by Gasteiger charge is -2.00. The van der Waals surface area contributed by atoms with Crippen LogP contribution in [0.15, 0.2) is 42.7 Å². The van der Waals surface area contributed by atoms with Crippen molar-refractivity contribution >= 4 is 10.8 Å². The molecule has 17 heavy (non-hydrogen) atoms. The molecular formula is C15H20NO+. The molecule has 2 heteroatoms. The van der Waals surface area contributed by atoms with E-state index in [9.17, 15) is 0 Å². The second kappa shape index (κ2) is 6.24. The van der Waals surface area contributed by atoms with Crippen LogP contribution in [-0.4, -0.2) is 6.61 Å². The van der Waals surface area contributed by atoms with Crippen molar-refractivity contribution in [2.24, 2.45) is 0 Å². The van der Waals surface area contributed by atoms with Crippen LogP contribution in [0, 0.1) is 0 Å². The molecule has 0 aliphatic carbocycles. The first-order valence-electron chi connectivity index (χ1n) is 6.43. The molecule has 0 fully saturated rings. The van der Waals surface area contributed by atoms with Crippen molar-refractivity contribution in [3.8, 4) is 0 Å². The maximum absolute atomic E-state index is 5.68. The van der Waals surface area contributed by atoms with Crippen molar-refractivity contribution < 1.29 is 9.57 Å². The highest BCUT2D eigenvalue weighted by molar-refractivity contribution is 5.80. The summed E-state index contributed by atoms with van der Waals surface area (Å²) in [6.45, 7) is 3.02. The Kier molecular flexibility index (Phi) is 4.37. The number of nitrogens with zero attached hydrogens (tertiary/aromatic N) is 1. The lowest BCUT2D eigenvalue weighted by Crippen LogP contribution is -2.42. The van der Waals surface area contributed by atoms with Gasteiger partial charge in [-0.3, -0.25) is 4.84 Å². The number of benzene rings is 1. The van der Waals surface area contributed by atoms with Gasteiger partial charge in [-0.15, -0.1) is 0 Å². The van der Waals surface area contributed by atoms with Crippen molar-refractivity contribution in [3.63, 3.8) is 0 Å². The molecule has 0 aliphatic rings. The zero-order valence-electron chi connectivity index (χ0n) is 10.4. The molecule has 2 rings (SSSR count). The maximum atomic E-state index is 5.68. The van der Waals surface area contributed by atoms with Crippen molar-refractivity contribution in [1.29, 1.82) is 0 Å². The summed E-state index contributed by atoms with van der Waals surface area (Å²) in [5.41, 5.74) is 0. The van der Waals surface area contributed by atoms with Crippen molar-refractivity contribution in [3.05, 3.63) is 42.7 Å². The van der Waals surface area contributed by atoms with E-state index in [2.05, 4.69) is 31.2 Å². The van der Waals surface area contributed by atoms with Gasteiger partial charge in [0.05, 0.1) is 5.39 Å². The van der Waals surface area contributed by atoms with Crippen molar-refractivity contribution in [2.45, 2.75) is 32.6 Å². The van der Waals surface area contributed by atoms with Gasteiger partial charge >= 0.3 is 0 Å². The monoisotopic (exact) mass is 230 g/mol. The summed E-state index contributed by atoms with van der Waals surface area (Å²) in [5, 5.41) is 2.46. The zero-order chi connectivity index (χ0) is 11.9. The molecule has 0 saturated carbocycles. The van der Waals surface area contributed by atoms with E-state index in [0.29, 0.717) is 0 Å². The minimum absolute atomic E-state index is 0.795. The van der Waals surface area contributed by atoms with E-state index in [4.69, 9.17) is 4.84 Å². The molecule has 1 aromatic heterocycles. The van der Waals surface area contributed by atoms with Crippen LogP contribution in [0.1, 0.15) is 32.6 Å². The number of rotatable bonds is 6. The fourth-order valence-electron chi connectivity index (χ4n) is 1.89. The van der Waals surface area contributed by atoms with Crippen molar-refractivity contribution in [2.75, 3.05) is 6.61 Å². The SMILES string of the molecule is CCCCCCO[n+]1ccc2ccccc2c1. The smallest absolute Gasteiger partial charge is 0.230 e. The number of fused-ring (bicyclic) bond motifs is 1. The molecule has 0 unspecified atom stereocenters. The van der Waals surface area contributed by atoms with E-state index in [1.54, 1.807) is 0 Å². The Balaban J connectivity index is 1.90. The first kappa shape index (κ1) is 11.9. The van der Waals surface area contributed by atoms with Gasteiger partial charge in [-0.2, -0.15) is 0 Å². The Morgan fingerprint density at radius 3 is 2.65 bits per heavy atom. The van der Waals surface area contributed by atoms with E-state index in [1.807, 2.05) is 23.2 Å². The summed E-state index contributed by atoms with van der Waals surface area (Å²) >= 11 is 0. The minimum atomic E-state index is 0.795. The lowest BCUT2D eigenvalue weighted by molar-refractivity contribution is -0.890. The van der Waals surface area contributed by atoms with Gasteiger partial charge in [0, 0.05) is 10.8 Å². The molecule has 0 aliphatic heterocycles. The summed E-state index contributed by atoms with van der Waals surface area (Å²) in [7, 11) is 0. The first-order chi connectivity index (χ1) is 8.40. The Morgan fingerprint density at radius 1 is 1.00 bits per heavy atom. The van der Waals surface area contributed by atoms with Crippen LogP contribution in [0.2, 0.25) is 0 Å². The fourth-order valence-corrected chi connectivity index (χ4v) is 1.89. The van der Waals surface area contributed by atoms with Gasteiger partial charge in [0.1, 0.15) is 0 Å². The largest absolute Gasteiger partial charge is 0.271 e. The summed E-state index contributed by atoms with van der Waals surface area (Å²) in [6.07, 6.45) is 8.96. The van der Waals surface area contributed by atoms with Gasteiger partial charge in [-0.05, 0) is 24.3 Å². The van der Waals surface area contributed by atoms with E-state index in [-0.39, 0.29) is 0 Å². The molecule has 0 spiro atoms. The third kappa shape index (κ3) is 3.45. The standard InChI is InChI=1S/C15H20NO/c1-2-3-4-7-12-17-16-11-10-14-8-5-6-9-15(14)13-16/h5-6,8-11,13H,2-4,7,12H2,1H3/q+1. The normalized spacial score (nSPS) is 10.6. The molecule has 0 radical (unpaired) electrons. The Morgan fingerprint density at radius 2 is 1.82 bits per heavy atom. The van der Waals surface area contributed by atoms with Crippen LogP contribution < -0.4 is 9.57 Å². The molecule has 0 N–H and O–H groups in total. The molecule has 0 amide bonds. The Hall–Kier alpha value is -1.57. The van der Waals surface area contributed by atoms with Crippen LogP contribution >= 0.6 is 0 Å². The van der Waals surface area contributed by atoms with Crippen LogP contribution in [0.4, 0.5) is 0 Å². The highest BCUT2D eigenvalue weighted by Gasteiger charge is 2.03. The predicted molar refractivity (Wildman–Crippen MR) is 69.7 cm³/mol. The molecular weight excluding hydrogens is 210 g/mol. The molecule has 1 heterocycles. The number of pyridine rings is 1. The van der Waals surface area contributed by atoms with Crippen LogP contribution in [0.3, 0.4) is 0 Å². The third-order valence-electron chi connectivity index (χ3n) is 2.90.